The number of carboxylic acid groups (broad SMARTS) is 1. The van der Waals surface area contributed by atoms with Crippen molar-refractivity contribution in [2.45, 2.75) is 33.2 Å². The van der Waals surface area contributed by atoms with Gasteiger partial charge in [-0.2, -0.15) is 0 Å². The highest BCUT2D eigenvalue weighted by Crippen LogP contribution is 2.25. The molecule has 23 heavy (non-hydrogen) atoms. The zero-order chi connectivity index (χ0) is 17.6. The summed E-state index contributed by atoms with van der Waals surface area (Å²) in [6.45, 7) is 2.95. The third kappa shape index (κ3) is 4.38. The van der Waals surface area contributed by atoms with E-state index >= 15 is 0 Å². The highest BCUT2D eigenvalue weighted by molar-refractivity contribution is 5.79. The molecule has 0 bridgehead atoms. The minimum atomic E-state index is -1.07. The Morgan fingerprint density at radius 1 is 1.35 bits per heavy atom. The number of nitrogens with one attached hydrogen (secondary N) is 1. The molecule has 1 amide bonds. The largest absolute Gasteiger partial charge is 0.481 e. The molecule has 1 heterocycles. The van der Waals surface area contributed by atoms with Crippen LogP contribution in [-0.4, -0.2) is 33.0 Å². The van der Waals surface area contributed by atoms with E-state index in [0.29, 0.717) is 12.8 Å². The van der Waals surface area contributed by atoms with Crippen LogP contribution in [0.25, 0.3) is 0 Å². The molecule has 126 valence electrons. The first kappa shape index (κ1) is 18.3. The van der Waals surface area contributed by atoms with Crippen molar-refractivity contribution in [3.05, 3.63) is 38.8 Å². The van der Waals surface area contributed by atoms with Gasteiger partial charge in [0.05, 0.1) is 16.5 Å². The Balaban J connectivity index is 2.81. The maximum Gasteiger partial charge on any atom is 0.311 e. The summed E-state index contributed by atoms with van der Waals surface area (Å²) in [7, 11) is 0. The lowest BCUT2D eigenvalue weighted by atomic mass is 9.82. The lowest BCUT2D eigenvalue weighted by Crippen LogP contribution is -2.43. The van der Waals surface area contributed by atoms with Gasteiger partial charge >= 0.3 is 5.97 Å². The highest BCUT2D eigenvalue weighted by atomic mass is 16.6. The smallest absolute Gasteiger partial charge is 0.311 e. The van der Waals surface area contributed by atoms with Gasteiger partial charge in [-0.1, -0.05) is 13.8 Å². The molecule has 0 saturated heterocycles. The number of carbonyl (C=O) groups is 2. The lowest BCUT2D eigenvalue weighted by Gasteiger charge is -2.26. The fraction of sp³-hybridized carbons (Fsp3) is 0.500. The van der Waals surface area contributed by atoms with E-state index in [1.807, 2.05) is 0 Å². The van der Waals surface area contributed by atoms with E-state index in [-0.39, 0.29) is 12.2 Å². The van der Waals surface area contributed by atoms with Gasteiger partial charge in [0.15, 0.2) is 0 Å². The molecule has 0 spiro atoms. The number of pyridine rings is 1. The van der Waals surface area contributed by atoms with Gasteiger partial charge in [-0.3, -0.25) is 29.1 Å². The van der Waals surface area contributed by atoms with E-state index in [0.717, 1.165) is 22.9 Å². The summed E-state index contributed by atoms with van der Waals surface area (Å²) in [6, 6.07) is 2.06. The average molecular weight is 325 g/mol. The Hall–Kier alpha value is -2.71. The molecular weight excluding hydrogens is 306 g/mol. The van der Waals surface area contributed by atoms with Gasteiger partial charge in [-0.25, -0.2) is 0 Å². The molecule has 1 aromatic rings. The predicted molar refractivity (Wildman–Crippen MR) is 81.0 cm³/mol. The normalized spacial score (nSPS) is 11.0. The summed E-state index contributed by atoms with van der Waals surface area (Å²) >= 11 is 0. The number of aromatic nitrogens is 1. The predicted octanol–water partition coefficient (Wildman–Crippen LogP) is 0.764. The molecule has 0 radical (unpaired) electrons. The van der Waals surface area contributed by atoms with Crippen molar-refractivity contribution >= 4 is 17.6 Å². The molecule has 0 aliphatic heterocycles. The second-order valence-corrected chi connectivity index (χ2v) is 5.18. The SMILES string of the molecule is CCC(CC)(CNC(=O)Cn1cc([N+](=O)[O-])ccc1=O)C(=O)O. The van der Waals surface area contributed by atoms with Crippen molar-refractivity contribution in [3.63, 3.8) is 0 Å². The molecule has 9 nitrogen and oxygen atoms in total. The first-order chi connectivity index (χ1) is 10.8. The average Bonchev–Trinajstić information content (AvgIpc) is 2.50. The number of nitrogens with zero attached hydrogens (tertiary/aromatic N) is 2. The number of carbonyl (C=O) groups excluding carboxylic acids is 1. The van der Waals surface area contributed by atoms with Gasteiger partial charge in [0.1, 0.15) is 6.54 Å². The van der Waals surface area contributed by atoms with Crippen molar-refractivity contribution in [1.82, 2.24) is 9.88 Å². The van der Waals surface area contributed by atoms with Crippen LogP contribution in [0.2, 0.25) is 0 Å². The maximum atomic E-state index is 11.9. The Morgan fingerprint density at radius 3 is 2.43 bits per heavy atom. The van der Waals surface area contributed by atoms with E-state index in [9.17, 15) is 29.6 Å². The number of hydrogen-bond acceptors (Lipinski definition) is 5. The molecule has 0 unspecified atom stereocenters. The molecule has 0 atom stereocenters. The summed E-state index contributed by atoms with van der Waals surface area (Å²) in [6.07, 6.45) is 1.66. The highest BCUT2D eigenvalue weighted by Gasteiger charge is 2.35. The monoisotopic (exact) mass is 325 g/mol. The number of amides is 1. The van der Waals surface area contributed by atoms with Crippen LogP contribution in [-0.2, 0) is 16.1 Å². The quantitative estimate of drug-likeness (QED) is 0.536. The van der Waals surface area contributed by atoms with E-state index in [1.54, 1.807) is 13.8 Å². The molecule has 0 saturated carbocycles. The van der Waals surface area contributed by atoms with Crippen LogP contribution < -0.4 is 10.9 Å². The van der Waals surface area contributed by atoms with E-state index in [1.165, 1.54) is 0 Å². The standard InChI is InChI=1S/C14H19N3O6/c1-3-14(4-2,13(20)21)9-15-11(18)8-16-7-10(17(22)23)5-6-12(16)19/h5-7H,3-4,8-9H2,1-2H3,(H,15,18)(H,20,21). The number of aliphatic carboxylic acids is 1. The van der Waals surface area contributed by atoms with Gasteiger partial charge in [0, 0.05) is 18.7 Å². The topological polar surface area (TPSA) is 132 Å². The molecule has 0 fully saturated rings. The molecule has 2 N–H and O–H groups in total. The van der Waals surface area contributed by atoms with E-state index < -0.39 is 34.3 Å². The summed E-state index contributed by atoms with van der Waals surface area (Å²) < 4.78 is 0.911. The van der Waals surface area contributed by atoms with Gasteiger partial charge in [0.25, 0.3) is 11.2 Å². The second kappa shape index (κ2) is 7.52. The molecule has 0 aromatic carbocycles. The zero-order valence-corrected chi connectivity index (χ0v) is 12.9. The van der Waals surface area contributed by atoms with Crippen molar-refractivity contribution < 1.29 is 19.6 Å². The van der Waals surface area contributed by atoms with Gasteiger partial charge in [0.2, 0.25) is 5.91 Å². The summed E-state index contributed by atoms with van der Waals surface area (Å²) in [5.41, 5.74) is -1.93. The van der Waals surface area contributed by atoms with Crippen LogP contribution in [0.4, 0.5) is 5.69 Å². The molecule has 0 aliphatic carbocycles. The van der Waals surface area contributed by atoms with Crippen LogP contribution in [0.15, 0.2) is 23.1 Å². The third-order valence-corrected chi connectivity index (χ3v) is 3.92. The molecule has 1 aromatic heterocycles. The fourth-order valence-electron chi connectivity index (χ4n) is 2.11. The molecule has 9 heteroatoms. The number of hydrogen-bond donors (Lipinski definition) is 2. The number of carboxylic acids is 1. The number of nitro groups is 1. The first-order valence-electron chi connectivity index (χ1n) is 7.10. The zero-order valence-electron chi connectivity index (χ0n) is 12.9. The van der Waals surface area contributed by atoms with E-state index in [2.05, 4.69) is 5.32 Å². The molecule has 1 rings (SSSR count). The van der Waals surface area contributed by atoms with Crippen molar-refractivity contribution in [2.75, 3.05) is 6.54 Å². The summed E-state index contributed by atoms with van der Waals surface area (Å²) in [4.78, 5) is 44.9. The molecule has 0 aliphatic rings. The Bertz CT molecular complexity index is 663. The fourth-order valence-corrected chi connectivity index (χ4v) is 2.11. The third-order valence-electron chi connectivity index (χ3n) is 3.92. The van der Waals surface area contributed by atoms with Crippen LogP contribution >= 0.6 is 0 Å². The van der Waals surface area contributed by atoms with Crippen LogP contribution in [0.5, 0.6) is 0 Å². The maximum absolute atomic E-state index is 11.9. The van der Waals surface area contributed by atoms with E-state index in [4.69, 9.17) is 0 Å². The molecular formula is C14H19N3O6. The van der Waals surface area contributed by atoms with Gasteiger partial charge in [-0.15, -0.1) is 0 Å². The number of rotatable bonds is 8. The minimum Gasteiger partial charge on any atom is -0.481 e. The van der Waals surface area contributed by atoms with Gasteiger partial charge in [-0.05, 0) is 12.8 Å². The Morgan fingerprint density at radius 2 is 1.96 bits per heavy atom. The van der Waals surface area contributed by atoms with Crippen LogP contribution in [0, 0.1) is 15.5 Å². The summed E-state index contributed by atoms with van der Waals surface area (Å²) in [5.74, 6) is -1.59. The van der Waals surface area contributed by atoms with Crippen molar-refractivity contribution in [2.24, 2.45) is 5.41 Å². The first-order valence-corrected chi connectivity index (χ1v) is 7.10. The second-order valence-electron chi connectivity index (χ2n) is 5.18. The van der Waals surface area contributed by atoms with Crippen LogP contribution in [0.3, 0.4) is 0 Å². The lowest BCUT2D eigenvalue weighted by molar-refractivity contribution is -0.385. The Labute approximate surface area is 132 Å². The van der Waals surface area contributed by atoms with Gasteiger partial charge < -0.3 is 10.4 Å². The van der Waals surface area contributed by atoms with Crippen molar-refractivity contribution in [1.29, 1.82) is 0 Å². The Kier molecular flexibility index (Phi) is 6.00. The summed E-state index contributed by atoms with van der Waals surface area (Å²) in [5, 5.41) is 22.5. The minimum absolute atomic E-state index is 0.0716. The van der Waals surface area contributed by atoms with Crippen molar-refractivity contribution in [3.8, 4) is 0 Å². The van der Waals surface area contributed by atoms with Crippen LogP contribution in [0.1, 0.15) is 26.7 Å².